The molecule has 1 heterocycles. The maximum atomic E-state index is 13.9. The lowest BCUT2D eigenvalue weighted by atomic mass is 10.00. The second-order valence-corrected chi connectivity index (χ2v) is 13.2. The van der Waals surface area contributed by atoms with Crippen LogP contribution in [-0.4, -0.2) is 82.6 Å². The first-order valence-corrected chi connectivity index (χ1v) is 17.0. The van der Waals surface area contributed by atoms with Crippen LogP contribution in [0.1, 0.15) is 65.0 Å². The van der Waals surface area contributed by atoms with E-state index in [1.54, 1.807) is 68.4 Å². The minimum Gasteiger partial charge on any atom is -0.480 e. The highest BCUT2D eigenvalue weighted by Crippen LogP contribution is 2.12. The van der Waals surface area contributed by atoms with Crippen LogP contribution < -0.4 is 26.7 Å². The predicted octanol–water partition coefficient (Wildman–Crippen LogP) is 2.28. The van der Waals surface area contributed by atoms with Gasteiger partial charge in [0.2, 0.25) is 17.7 Å². The van der Waals surface area contributed by atoms with E-state index in [-0.39, 0.29) is 31.3 Å². The van der Waals surface area contributed by atoms with Gasteiger partial charge in [0.1, 0.15) is 30.8 Å². The van der Waals surface area contributed by atoms with E-state index in [1.165, 1.54) is 6.92 Å². The zero-order chi connectivity index (χ0) is 36.8. The summed E-state index contributed by atoms with van der Waals surface area (Å²) in [7, 11) is 0. The molecular weight excluding hydrogens is 644 g/mol. The van der Waals surface area contributed by atoms with E-state index in [1.807, 2.05) is 19.9 Å². The van der Waals surface area contributed by atoms with Crippen molar-refractivity contribution in [1.82, 2.24) is 31.7 Å². The first kappa shape index (κ1) is 39.5. The minimum atomic E-state index is -1.41. The van der Waals surface area contributed by atoms with Crippen molar-refractivity contribution in [1.29, 1.82) is 0 Å². The lowest BCUT2D eigenvalue weighted by Gasteiger charge is -2.31. The minimum absolute atomic E-state index is 0.0208. The molecule has 5 amide bonds. The molecule has 50 heavy (non-hydrogen) atoms. The third-order valence-electron chi connectivity index (χ3n) is 8.26. The van der Waals surface area contributed by atoms with Gasteiger partial charge in [-0.1, -0.05) is 88.4 Å². The fourth-order valence-corrected chi connectivity index (χ4v) is 5.41. The lowest BCUT2D eigenvalue weighted by Crippen LogP contribution is -2.62. The number of carboxylic acids is 1. The van der Waals surface area contributed by atoms with E-state index in [4.69, 9.17) is 4.74 Å². The summed E-state index contributed by atoms with van der Waals surface area (Å²) in [6, 6.07) is 12.5. The van der Waals surface area contributed by atoms with E-state index in [0.717, 1.165) is 17.0 Å². The summed E-state index contributed by atoms with van der Waals surface area (Å²) < 4.78 is 5.49. The van der Waals surface area contributed by atoms with Crippen LogP contribution in [0.4, 0.5) is 4.79 Å². The predicted molar refractivity (Wildman–Crippen MR) is 185 cm³/mol. The number of nitrogens with one attached hydrogen (secondary N) is 5. The molecule has 0 aliphatic carbocycles. The highest BCUT2D eigenvalue weighted by molar-refractivity contribution is 5.94. The highest BCUT2D eigenvalue weighted by atomic mass is 16.6. The Bertz CT molecular complexity index is 1450. The molecule has 0 radical (unpaired) electrons. The van der Waals surface area contributed by atoms with Crippen LogP contribution in [-0.2, 0) is 41.7 Å². The summed E-state index contributed by atoms with van der Waals surface area (Å²) in [5.41, 5.74) is 3.91. The van der Waals surface area contributed by atoms with Crippen molar-refractivity contribution in [2.45, 2.75) is 97.1 Å². The lowest BCUT2D eigenvalue weighted by molar-refractivity contribution is -0.143. The maximum Gasteiger partial charge on any atom is 0.429 e. The van der Waals surface area contributed by atoms with Crippen LogP contribution >= 0.6 is 0 Å². The van der Waals surface area contributed by atoms with Crippen molar-refractivity contribution in [2.75, 3.05) is 6.54 Å². The van der Waals surface area contributed by atoms with E-state index < -0.39 is 65.9 Å². The van der Waals surface area contributed by atoms with E-state index in [2.05, 4.69) is 26.7 Å². The molecule has 0 saturated carbocycles. The number of hydrogen-bond donors (Lipinski definition) is 6. The Morgan fingerprint density at radius 3 is 1.98 bits per heavy atom. The van der Waals surface area contributed by atoms with Crippen molar-refractivity contribution < 1.29 is 38.6 Å². The van der Waals surface area contributed by atoms with Crippen molar-refractivity contribution in [3.05, 3.63) is 71.8 Å². The van der Waals surface area contributed by atoms with E-state index >= 15 is 0 Å². The van der Waals surface area contributed by atoms with Gasteiger partial charge >= 0.3 is 12.1 Å². The Morgan fingerprint density at radius 2 is 1.44 bits per heavy atom. The number of carbonyl (C=O) groups is 6. The molecular formula is C36H50N6O8. The highest BCUT2D eigenvalue weighted by Gasteiger charge is 2.36. The smallest absolute Gasteiger partial charge is 0.429 e. The van der Waals surface area contributed by atoms with Gasteiger partial charge in [-0.05, 0) is 55.7 Å². The van der Waals surface area contributed by atoms with Crippen molar-refractivity contribution in [2.24, 2.45) is 11.8 Å². The summed E-state index contributed by atoms with van der Waals surface area (Å²) in [4.78, 5) is 79.3. The van der Waals surface area contributed by atoms with Crippen LogP contribution in [0.2, 0.25) is 0 Å². The quantitative estimate of drug-likeness (QED) is 0.143. The maximum absolute atomic E-state index is 13.9. The molecule has 14 nitrogen and oxygen atoms in total. The SMILES string of the molecule is CC(C)C[C@H](NC(=O)[C@@H](NC(=O)C(C)N(NC(=O)[C@H](Cc1ccccc1)NC(=O)[C@@H]1CCCN1)C(=O)OCc1ccccc1)C(C)C)C(=O)O. The molecule has 1 aliphatic heterocycles. The fourth-order valence-electron chi connectivity index (χ4n) is 5.41. The number of rotatable bonds is 16. The molecule has 1 aliphatic rings. The number of hydrazine groups is 1. The molecule has 0 aromatic heterocycles. The van der Waals surface area contributed by atoms with Crippen LogP contribution in [0.25, 0.3) is 0 Å². The average Bonchev–Trinajstić information content (AvgIpc) is 3.63. The van der Waals surface area contributed by atoms with Crippen LogP contribution in [0.3, 0.4) is 0 Å². The van der Waals surface area contributed by atoms with Crippen LogP contribution in [0.5, 0.6) is 0 Å². The molecule has 0 spiro atoms. The Balaban J connectivity index is 1.85. The first-order valence-electron chi connectivity index (χ1n) is 17.0. The van der Waals surface area contributed by atoms with Crippen molar-refractivity contribution >= 4 is 35.7 Å². The molecule has 0 bridgehead atoms. The van der Waals surface area contributed by atoms with Gasteiger partial charge in [-0.15, -0.1) is 0 Å². The second-order valence-electron chi connectivity index (χ2n) is 13.2. The topological polar surface area (TPSA) is 195 Å². The molecule has 2 aromatic carbocycles. The monoisotopic (exact) mass is 694 g/mol. The summed E-state index contributed by atoms with van der Waals surface area (Å²) in [5.74, 6) is -4.36. The number of benzene rings is 2. The summed E-state index contributed by atoms with van der Waals surface area (Å²) in [5, 5.41) is 21.4. The Hall–Kier alpha value is -4.98. The molecule has 1 unspecified atom stereocenters. The third-order valence-corrected chi connectivity index (χ3v) is 8.26. The van der Waals surface area contributed by atoms with Crippen LogP contribution in [0, 0.1) is 11.8 Å². The molecule has 2 aromatic rings. The molecule has 1 fully saturated rings. The largest absolute Gasteiger partial charge is 0.480 e. The number of nitrogens with zero attached hydrogens (tertiary/aromatic N) is 1. The number of aliphatic carboxylic acids is 1. The first-order chi connectivity index (χ1) is 23.8. The molecule has 14 heteroatoms. The number of carboxylic acid groups (broad SMARTS) is 1. The number of amides is 5. The second kappa shape index (κ2) is 19.3. The zero-order valence-electron chi connectivity index (χ0n) is 29.3. The van der Waals surface area contributed by atoms with E-state index in [0.29, 0.717) is 18.5 Å². The molecule has 3 rings (SSSR count). The Kier molecular flexibility index (Phi) is 15.2. The zero-order valence-corrected chi connectivity index (χ0v) is 29.3. The number of hydrogen-bond acceptors (Lipinski definition) is 8. The third kappa shape index (κ3) is 12.2. The van der Waals surface area contributed by atoms with Gasteiger partial charge in [-0.25, -0.2) is 14.6 Å². The standard InChI is InChI=1S/C36H50N6O8/c1-22(2)19-29(35(47)48)39-34(46)30(23(3)4)40-31(43)24(5)42(36(49)50-21-26-15-10-7-11-16-26)41-33(45)28(20-25-13-8-6-9-14-25)38-32(44)27-17-12-18-37-27/h6-11,13-16,22-24,27-30,37H,12,17-21H2,1-5H3,(H,38,44)(H,39,46)(H,40,43)(H,41,45)(H,47,48)/t24?,27-,28-,29-,30-/m0/s1. The normalized spacial score (nSPS) is 16.4. The summed E-state index contributed by atoms with van der Waals surface area (Å²) in [6.07, 6.45) is 0.637. The van der Waals surface area contributed by atoms with Gasteiger partial charge in [0.25, 0.3) is 5.91 Å². The number of ether oxygens (including phenoxy) is 1. The van der Waals surface area contributed by atoms with Crippen molar-refractivity contribution in [3.63, 3.8) is 0 Å². The Labute approximate surface area is 293 Å². The Morgan fingerprint density at radius 1 is 0.820 bits per heavy atom. The van der Waals surface area contributed by atoms with Gasteiger partial charge in [-0.2, -0.15) is 0 Å². The van der Waals surface area contributed by atoms with Gasteiger partial charge in [0, 0.05) is 6.42 Å². The summed E-state index contributed by atoms with van der Waals surface area (Å²) >= 11 is 0. The molecule has 272 valence electrons. The van der Waals surface area contributed by atoms with E-state index in [9.17, 15) is 33.9 Å². The molecule has 1 saturated heterocycles. The van der Waals surface area contributed by atoms with Gasteiger partial charge in [0.05, 0.1) is 6.04 Å². The average molecular weight is 695 g/mol. The van der Waals surface area contributed by atoms with Gasteiger partial charge < -0.3 is 31.1 Å². The molecule has 5 atom stereocenters. The number of carbonyl (C=O) groups excluding carboxylic acids is 5. The van der Waals surface area contributed by atoms with Gasteiger partial charge in [-0.3, -0.25) is 24.6 Å². The van der Waals surface area contributed by atoms with Gasteiger partial charge in [0.15, 0.2) is 0 Å². The van der Waals surface area contributed by atoms with Crippen molar-refractivity contribution in [3.8, 4) is 0 Å². The molecule has 6 N–H and O–H groups in total. The summed E-state index contributed by atoms with van der Waals surface area (Å²) in [6.45, 7) is 8.86. The van der Waals surface area contributed by atoms with Crippen LogP contribution in [0.15, 0.2) is 60.7 Å². The fraction of sp³-hybridized carbons (Fsp3) is 0.500.